The molecule has 6 heteroatoms. The fourth-order valence-corrected chi connectivity index (χ4v) is 4.98. The van der Waals surface area contributed by atoms with Gasteiger partial charge in [0.15, 0.2) is 0 Å². The highest BCUT2D eigenvalue weighted by Gasteiger charge is 2.42. The third kappa shape index (κ3) is 3.02. The third-order valence-corrected chi connectivity index (χ3v) is 6.20. The maximum atomic E-state index is 13.1. The van der Waals surface area contributed by atoms with Crippen LogP contribution in [0.25, 0.3) is 0 Å². The standard InChI is InChI=1S/C17H18FNO3S/c18-14-8-6-13(7-9-14)17-11-10-15(12-20)19(17)23(21,22)16-4-2-1-3-5-16/h1-9,15,17,20H,10-12H2/t15-,17+/m0/s1. The van der Waals surface area contributed by atoms with Crippen LogP contribution in [0.2, 0.25) is 0 Å². The van der Waals surface area contributed by atoms with Crippen LogP contribution in [-0.2, 0) is 10.0 Å². The number of hydrogen-bond donors (Lipinski definition) is 1. The molecule has 0 radical (unpaired) electrons. The van der Waals surface area contributed by atoms with Gasteiger partial charge in [0.2, 0.25) is 10.0 Å². The predicted molar refractivity (Wildman–Crippen MR) is 84.7 cm³/mol. The first-order chi connectivity index (χ1) is 11.0. The molecule has 0 amide bonds. The summed E-state index contributed by atoms with van der Waals surface area (Å²) in [4.78, 5) is 0.201. The van der Waals surface area contributed by atoms with Crippen molar-refractivity contribution in [3.8, 4) is 0 Å². The van der Waals surface area contributed by atoms with Gasteiger partial charge in [-0.05, 0) is 42.7 Å². The van der Waals surface area contributed by atoms with Crippen molar-refractivity contribution in [3.05, 3.63) is 66.0 Å². The molecule has 0 spiro atoms. The second-order valence-corrected chi connectivity index (χ2v) is 7.47. The molecule has 1 heterocycles. The molecule has 0 saturated carbocycles. The highest BCUT2D eigenvalue weighted by atomic mass is 32.2. The van der Waals surface area contributed by atoms with E-state index in [-0.39, 0.29) is 17.3 Å². The maximum absolute atomic E-state index is 13.1. The Kier molecular flexibility index (Phi) is 4.48. The van der Waals surface area contributed by atoms with Crippen molar-refractivity contribution in [2.45, 2.75) is 29.8 Å². The summed E-state index contributed by atoms with van der Waals surface area (Å²) in [5.41, 5.74) is 0.738. The van der Waals surface area contributed by atoms with Crippen LogP contribution in [-0.4, -0.2) is 30.5 Å². The van der Waals surface area contributed by atoms with Gasteiger partial charge < -0.3 is 5.11 Å². The Morgan fingerprint density at radius 3 is 2.30 bits per heavy atom. The minimum absolute atomic E-state index is 0.201. The fourth-order valence-electron chi connectivity index (χ4n) is 3.11. The molecule has 23 heavy (non-hydrogen) atoms. The van der Waals surface area contributed by atoms with Crippen molar-refractivity contribution < 1.29 is 17.9 Å². The summed E-state index contributed by atoms with van der Waals surface area (Å²) in [5, 5.41) is 9.59. The molecule has 1 fully saturated rings. The van der Waals surface area contributed by atoms with Gasteiger partial charge in [-0.15, -0.1) is 0 Å². The lowest BCUT2D eigenvalue weighted by atomic mass is 10.1. The predicted octanol–water partition coefficient (Wildman–Crippen LogP) is 2.71. The molecule has 2 atom stereocenters. The third-order valence-electron chi connectivity index (χ3n) is 4.22. The summed E-state index contributed by atoms with van der Waals surface area (Å²) in [7, 11) is -3.73. The summed E-state index contributed by atoms with van der Waals surface area (Å²) in [6.45, 7) is -0.232. The van der Waals surface area contributed by atoms with E-state index in [2.05, 4.69) is 0 Å². The number of hydrogen-bond acceptors (Lipinski definition) is 3. The Morgan fingerprint density at radius 1 is 1.04 bits per heavy atom. The maximum Gasteiger partial charge on any atom is 0.243 e. The fraction of sp³-hybridized carbons (Fsp3) is 0.294. The Hall–Kier alpha value is -1.76. The van der Waals surface area contributed by atoms with Gasteiger partial charge >= 0.3 is 0 Å². The van der Waals surface area contributed by atoms with Crippen LogP contribution >= 0.6 is 0 Å². The lowest BCUT2D eigenvalue weighted by Crippen LogP contribution is -2.39. The zero-order chi connectivity index (χ0) is 16.4. The van der Waals surface area contributed by atoms with Gasteiger partial charge in [0, 0.05) is 6.04 Å². The topological polar surface area (TPSA) is 57.6 Å². The average molecular weight is 335 g/mol. The summed E-state index contributed by atoms with van der Waals surface area (Å²) in [5.74, 6) is -0.358. The first kappa shape index (κ1) is 16.1. The van der Waals surface area contributed by atoms with Crippen LogP contribution in [0.4, 0.5) is 4.39 Å². The first-order valence-corrected chi connectivity index (χ1v) is 8.93. The number of aliphatic hydroxyl groups excluding tert-OH is 1. The molecule has 1 N–H and O–H groups in total. The number of nitrogens with zero attached hydrogens (tertiary/aromatic N) is 1. The summed E-state index contributed by atoms with van der Waals surface area (Å²) in [6.07, 6.45) is 1.17. The zero-order valence-corrected chi connectivity index (χ0v) is 13.3. The number of halogens is 1. The molecule has 0 unspecified atom stereocenters. The normalized spacial score (nSPS) is 22.3. The molecule has 0 aromatic heterocycles. The second kappa shape index (κ2) is 6.39. The molecule has 0 aliphatic carbocycles. The molecule has 0 bridgehead atoms. The van der Waals surface area contributed by atoms with Crippen molar-refractivity contribution >= 4 is 10.0 Å². The van der Waals surface area contributed by atoms with Crippen molar-refractivity contribution in [1.29, 1.82) is 0 Å². The molecule has 4 nitrogen and oxygen atoms in total. The molecule has 3 rings (SSSR count). The first-order valence-electron chi connectivity index (χ1n) is 7.49. The number of aliphatic hydroxyl groups is 1. The molecule has 1 aliphatic rings. The molecule has 1 aliphatic heterocycles. The SMILES string of the molecule is O=S(=O)(c1ccccc1)N1[C@H](CO)CC[C@@H]1c1ccc(F)cc1. The Morgan fingerprint density at radius 2 is 1.70 bits per heavy atom. The van der Waals surface area contributed by atoms with Crippen LogP contribution in [0.15, 0.2) is 59.5 Å². The number of benzene rings is 2. The van der Waals surface area contributed by atoms with E-state index in [1.807, 2.05) is 0 Å². The van der Waals surface area contributed by atoms with Crippen LogP contribution in [0.3, 0.4) is 0 Å². The van der Waals surface area contributed by atoms with Gasteiger partial charge in [-0.1, -0.05) is 30.3 Å². The average Bonchev–Trinajstić information content (AvgIpc) is 3.01. The summed E-state index contributed by atoms with van der Waals surface area (Å²) >= 11 is 0. The smallest absolute Gasteiger partial charge is 0.243 e. The summed E-state index contributed by atoms with van der Waals surface area (Å²) < 4.78 is 40.5. The van der Waals surface area contributed by atoms with Crippen molar-refractivity contribution in [1.82, 2.24) is 4.31 Å². The zero-order valence-electron chi connectivity index (χ0n) is 12.5. The van der Waals surface area contributed by atoms with Crippen LogP contribution < -0.4 is 0 Å². The Labute approximate surface area is 135 Å². The molecule has 2 aromatic carbocycles. The molecule has 2 aromatic rings. The van der Waals surface area contributed by atoms with Gasteiger partial charge in [0.25, 0.3) is 0 Å². The van der Waals surface area contributed by atoms with Crippen LogP contribution in [0, 0.1) is 5.82 Å². The Bertz CT molecular complexity index is 762. The molecule has 122 valence electrons. The van der Waals surface area contributed by atoms with E-state index in [1.165, 1.54) is 16.4 Å². The highest BCUT2D eigenvalue weighted by Crippen LogP contribution is 2.40. The van der Waals surface area contributed by atoms with E-state index >= 15 is 0 Å². The van der Waals surface area contributed by atoms with Gasteiger partial charge in [-0.3, -0.25) is 0 Å². The monoisotopic (exact) mass is 335 g/mol. The Balaban J connectivity index is 2.03. The van der Waals surface area contributed by atoms with Gasteiger partial charge in [-0.2, -0.15) is 4.31 Å². The van der Waals surface area contributed by atoms with Crippen LogP contribution in [0.1, 0.15) is 24.4 Å². The van der Waals surface area contributed by atoms with Gasteiger partial charge in [0.1, 0.15) is 5.82 Å². The molecular formula is C17H18FNO3S. The van der Waals surface area contributed by atoms with E-state index in [9.17, 15) is 17.9 Å². The van der Waals surface area contributed by atoms with Crippen molar-refractivity contribution in [2.75, 3.05) is 6.61 Å². The highest BCUT2D eigenvalue weighted by molar-refractivity contribution is 7.89. The van der Waals surface area contributed by atoms with E-state index in [0.29, 0.717) is 12.8 Å². The lowest BCUT2D eigenvalue weighted by Gasteiger charge is -2.28. The van der Waals surface area contributed by atoms with E-state index in [1.54, 1.807) is 42.5 Å². The van der Waals surface area contributed by atoms with Crippen molar-refractivity contribution in [2.24, 2.45) is 0 Å². The van der Waals surface area contributed by atoms with E-state index in [0.717, 1.165) is 5.56 Å². The lowest BCUT2D eigenvalue weighted by molar-refractivity contribution is 0.197. The minimum atomic E-state index is -3.73. The van der Waals surface area contributed by atoms with E-state index < -0.39 is 22.1 Å². The van der Waals surface area contributed by atoms with Crippen molar-refractivity contribution in [3.63, 3.8) is 0 Å². The van der Waals surface area contributed by atoms with E-state index in [4.69, 9.17) is 0 Å². The number of sulfonamides is 1. The minimum Gasteiger partial charge on any atom is -0.395 e. The molecular weight excluding hydrogens is 317 g/mol. The van der Waals surface area contributed by atoms with Gasteiger partial charge in [-0.25, -0.2) is 12.8 Å². The summed E-state index contributed by atoms with van der Waals surface area (Å²) in [6, 6.07) is 13.2. The second-order valence-electron chi connectivity index (χ2n) is 5.63. The van der Waals surface area contributed by atoms with Gasteiger partial charge in [0.05, 0.1) is 17.5 Å². The largest absolute Gasteiger partial charge is 0.395 e. The quantitative estimate of drug-likeness (QED) is 0.935. The van der Waals surface area contributed by atoms with Crippen LogP contribution in [0.5, 0.6) is 0 Å². The number of rotatable bonds is 4. The molecule has 1 saturated heterocycles.